The van der Waals surface area contributed by atoms with E-state index in [1.807, 2.05) is 25.1 Å². The van der Waals surface area contributed by atoms with Crippen LogP contribution in [0.3, 0.4) is 0 Å². The maximum Gasteiger partial charge on any atom is 0.320 e. The van der Waals surface area contributed by atoms with E-state index < -0.39 is 11.9 Å². The van der Waals surface area contributed by atoms with Gasteiger partial charge in [-0.2, -0.15) is 5.10 Å². The van der Waals surface area contributed by atoms with Crippen molar-refractivity contribution in [1.29, 1.82) is 0 Å². The molecule has 0 spiro atoms. The van der Waals surface area contributed by atoms with Crippen LogP contribution in [-0.4, -0.2) is 65.4 Å². The molecule has 9 nitrogen and oxygen atoms in total. The van der Waals surface area contributed by atoms with E-state index in [4.69, 9.17) is 4.98 Å². The second-order valence-electron chi connectivity index (χ2n) is 9.18. The lowest BCUT2D eigenvalue weighted by atomic mass is 9.96. The molecule has 0 unspecified atom stereocenters. The summed E-state index contributed by atoms with van der Waals surface area (Å²) in [6.45, 7) is 3.76. The molecular formula is C25H25FN6O3. The summed E-state index contributed by atoms with van der Waals surface area (Å²) in [5.74, 6) is -0.372. The van der Waals surface area contributed by atoms with Gasteiger partial charge in [-0.05, 0) is 53.8 Å². The van der Waals surface area contributed by atoms with E-state index in [1.165, 1.54) is 12.1 Å². The van der Waals surface area contributed by atoms with Gasteiger partial charge in [0.15, 0.2) is 17.4 Å². The number of H-pyrrole nitrogens is 2. The second kappa shape index (κ2) is 8.09. The molecule has 0 bridgehead atoms. The summed E-state index contributed by atoms with van der Waals surface area (Å²) in [5, 5.41) is 27.8. The highest BCUT2D eigenvalue weighted by molar-refractivity contribution is 5.94. The number of nitrogens with one attached hydrogen (secondary N) is 2. The molecular weight excluding hydrogens is 451 g/mol. The lowest BCUT2D eigenvalue weighted by molar-refractivity contribution is 0.145. The van der Waals surface area contributed by atoms with Crippen molar-refractivity contribution in [2.24, 2.45) is 0 Å². The Balaban J connectivity index is 1.26. The predicted octanol–water partition coefficient (Wildman–Crippen LogP) is 3.53. The maximum atomic E-state index is 14.1. The molecule has 2 amide bonds. The van der Waals surface area contributed by atoms with Crippen LogP contribution in [0.2, 0.25) is 0 Å². The highest BCUT2D eigenvalue weighted by Gasteiger charge is 2.33. The van der Waals surface area contributed by atoms with Gasteiger partial charge in [0, 0.05) is 18.5 Å². The molecule has 0 radical (unpaired) electrons. The number of likely N-dealkylation sites (tertiary alicyclic amines) is 1. The summed E-state index contributed by atoms with van der Waals surface area (Å²) in [7, 11) is 0. The van der Waals surface area contributed by atoms with E-state index in [0.717, 1.165) is 39.0 Å². The Bertz CT molecular complexity index is 1440. The number of nitrogens with zero attached hydrogens (tertiary/aromatic N) is 4. The van der Waals surface area contributed by atoms with Crippen molar-refractivity contribution >= 4 is 16.9 Å². The lowest BCUT2D eigenvalue weighted by Crippen LogP contribution is -2.39. The molecule has 0 aliphatic carbocycles. The summed E-state index contributed by atoms with van der Waals surface area (Å²) in [4.78, 5) is 24.2. The van der Waals surface area contributed by atoms with Crippen LogP contribution in [0.4, 0.5) is 9.18 Å². The topological polar surface area (TPSA) is 121 Å². The summed E-state index contributed by atoms with van der Waals surface area (Å²) in [6, 6.07) is 8.50. The number of carbonyl (C=O) groups is 1. The van der Waals surface area contributed by atoms with Gasteiger partial charge in [0.2, 0.25) is 0 Å². The smallest absolute Gasteiger partial charge is 0.320 e. The summed E-state index contributed by atoms with van der Waals surface area (Å²) in [6.07, 6.45) is 0.827. The number of aromatic hydroxyl groups is 1. The molecule has 10 heteroatoms. The zero-order valence-electron chi connectivity index (χ0n) is 19.2. The van der Waals surface area contributed by atoms with E-state index in [2.05, 4.69) is 15.2 Å². The summed E-state index contributed by atoms with van der Waals surface area (Å²) in [5.41, 5.74) is 5.57. The van der Waals surface area contributed by atoms with Crippen LogP contribution in [0, 0.1) is 5.82 Å². The first kappa shape index (κ1) is 21.6. The third-order valence-electron chi connectivity index (χ3n) is 6.91. The Morgan fingerprint density at radius 1 is 1.23 bits per heavy atom. The standard InChI is InChI=1S/C25H25FN6O3/c1-2-13-8-22(34)18(26)9-17(13)14-3-4-16-19(7-14)29-30-23(16)24-27-20-11-32(12-21(20)28-24)25(35)31-6-5-15(33)10-31/h3-4,7-9,15,33-34H,2,5-6,10-12H2,1H3,(H,27,28)(H,29,30)/t15-/m0/s1. The number of aliphatic hydroxyl groups excluding tert-OH is 1. The molecule has 4 aromatic rings. The number of hydrogen-bond acceptors (Lipinski definition) is 5. The molecule has 1 saturated heterocycles. The average molecular weight is 477 g/mol. The number of phenolic OH excluding ortho intramolecular Hbond substituents is 1. The quantitative estimate of drug-likeness (QED) is 0.360. The van der Waals surface area contributed by atoms with Gasteiger partial charge in [-0.15, -0.1) is 0 Å². The van der Waals surface area contributed by atoms with Gasteiger partial charge in [0.05, 0.1) is 36.1 Å². The third kappa shape index (κ3) is 3.61. The number of phenols is 1. The van der Waals surface area contributed by atoms with Gasteiger partial charge in [-0.25, -0.2) is 14.2 Å². The van der Waals surface area contributed by atoms with Crippen LogP contribution in [0.15, 0.2) is 30.3 Å². The number of amides is 2. The largest absolute Gasteiger partial charge is 0.505 e. The van der Waals surface area contributed by atoms with Gasteiger partial charge in [0.1, 0.15) is 5.69 Å². The van der Waals surface area contributed by atoms with Gasteiger partial charge in [-0.1, -0.05) is 13.0 Å². The highest BCUT2D eigenvalue weighted by atomic mass is 19.1. The third-order valence-corrected chi connectivity index (χ3v) is 6.91. The Labute approximate surface area is 200 Å². The number of aromatic nitrogens is 4. The van der Waals surface area contributed by atoms with Crippen molar-refractivity contribution in [2.45, 2.75) is 39.0 Å². The van der Waals surface area contributed by atoms with Gasteiger partial charge in [-0.3, -0.25) is 5.10 Å². The maximum absolute atomic E-state index is 14.1. The number of rotatable bonds is 3. The van der Waals surface area contributed by atoms with Crippen molar-refractivity contribution in [3.63, 3.8) is 0 Å². The number of imidazole rings is 1. The molecule has 35 heavy (non-hydrogen) atoms. The molecule has 4 N–H and O–H groups in total. The van der Waals surface area contributed by atoms with Crippen molar-refractivity contribution in [3.8, 4) is 28.4 Å². The molecule has 1 atom stereocenters. The first-order chi connectivity index (χ1) is 16.9. The van der Waals surface area contributed by atoms with Crippen molar-refractivity contribution in [1.82, 2.24) is 30.0 Å². The van der Waals surface area contributed by atoms with E-state index in [-0.39, 0.29) is 11.8 Å². The van der Waals surface area contributed by atoms with Crippen LogP contribution in [-0.2, 0) is 19.5 Å². The lowest BCUT2D eigenvalue weighted by Gasteiger charge is -2.23. The summed E-state index contributed by atoms with van der Waals surface area (Å²) < 4.78 is 14.1. The molecule has 2 aliphatic rings. The number of aliphatic hydroxyl groups is 1. The minimum absolute atomic E-state index is 0.0793. The number of β-amino-alcohol motifs (C(OH)–C–C–N with tert-alkyl or cyclic N) is 1. The number of benzene rings is 2. The summed E-state index contributed by atoms with van der Waals surface area (Å²) >= 11 is 0. The molecule has 2 aromatic carbocycles. The first-order valence-electron chi connectivity index (χ1n) is 11.7. The number of aromatic amines is 2. The normalized spacial score (nSPS) is 17.5. The second-order valence-corrected chi connectivity index (χ2v) is 9.18. The average Bonchev–Trinajstić information content (AvgIpc) is 3.62. The highest BCUT2D eigenvalue weighted by Crippen LogP contribution is 2.34. The molecule has 0 saturated carbocycles. The fourth-order valence-electron chi connectivity index (χ4n) is 5.03. The zero-order valence-corrected chi connectivity index (χ0v) is 19.2. The number of carbonyl (C=O) groups excluding carboxylic acids is 1. The monoisotopic (exact) mass is 476 g/mol. The molecule has 180 valence electrons. The van der Waals surface area contributed by atoms with Gasteiger partial charge in [0.25, 0.3) is 0 Å². The van der Waals surface area contributed by atoms with E-state index >= 15 is 0 Å². The Kier molecular flexibility index (Phi) is 4.99. The Hall–Kier alpha value is -3.92. The molecule has 6 rings (SSSR count). The van der Waals surface area contributed by atoms with Gasteiger partial charge >= 0.3 is 6.03 Å². The number of hydrogen-bond donors (Lipinski definition) is 4. The number of fused-ring (bicyclic) bond motifs is 2. The molecule has 2 aromatic heterocycles. The first-order valence-corrected chi connectivity index (χ1v) is 11.7. The fraction of sp³-hybridized carbons (Fsp3) is 0.320. The van der Waals surface area contributed by atoms with E-state index in [1.54, 1.807) is 9.80 Å². The number of aryl methyl sites for hydroxylation is 1. The minimum atomic E-state index is -0.652. The van der Waals surface area contributed by atoms with Crippen LogP contribution in [0.5, 0.6) is 5.75 Å². The van der Waals surface area contributed by atoms with Crippen LogP contribution >= 0.6 is 0 Å². The molecule has 4 heterocycles. The molecule has 2 aliphatic heterocycles. The van der Waals surface area contributed by atoms with E-state index in [9.17, 15) is 19.4 Å². The Morgan fingerprint density at radius 3 is 2.83 bits per heavy atom. The fourth-order valence-corrected chi connectivity index (χ4v) is 5.03. The predicted molar refractivity (Wildman–Crippen MR) is 127 cm³/mol. The SMILES string of the molecule is CCc1cc(O)c(F)cc1-c1ccc2c(-c3nc4c([nH]3)CN(C(=O)N3CC[C@H](O)C3)C4)n[nH]c2c1. The van der Waals surface area contributed by atoms with Crippen molar-refractivity contribution in [3.05, 3.63) is 53.1 Å². The van der Waals surface area contributed by atoms with Crippen molar-refractivity contribution in [2.75, 3.05) is 13.1 Å². The zero-order chi connectivity index (χ0) is 24.3. The van der Waals surface area contributed by atoms with Crippen LogP contribution in [0.1, 0.15) is 30.3 Å². The van der Waals surface area contributed by atoms with Crippen LogP contribution in [0.25, 0.3) is 33.5 Å². The molecule has 1 fully saturated rings. The Morgan fingerprint density at radius 2 is 2.09 bits per heavy atom. The minimum Gasteiger partial charge on any atom is -0.505 e. The van der Waals surface area contributed by atoms with Crippen LogP contribution < -0.4 is 0 Å². The number of halogens is 1. The van der Waals surface area contributed by atoms with Crippen molar-refractivity contribution < 1.29 is 19.4 Å². The van der Waals surface area contributed by atoms with Gasteiger partial charge < -0.3 is 25.0 Å². The number of urea groups is 1. The van der Waals surface area contributed by atoms with E-state index in [0.29, 0.717) is 50.5 Å².